The first-order valence-electron chi connectivity index (χ1n) is 6.41. The van der Waals surface area contributed by atoms with Gasteiger partial charge in [0.2, 0.25) is 5.90 Å². The minimum atomic E-state index is -0.693. The van der Waals surface area contributed by atoms with Gasteiger partial charge in [0.15, 0.2) is 5.38 Å². The summed E-state index contributed by atoms with van der Waals surface area (Å²) in [6.45, 7) is 5.91. The summed E-state index contributed by atoms with van der Waals surface area (Å²) < 4.78 is 10.7. The van der Waals surface area contributed by atoms with Crippen molar-refractivity contribution in [1.82, 2.24) is 0 Å². The minimum absolute atomic E-state index is 0.118. The summed E-state index contributed by atoms with van der Waals surface area (Å²) >= 11 is 6.20. The molecule has 1 aromatic carbocycles. The Hall–Kier alpha value is -1.55. The van der Waals surface area contributed by atoms with Crippen molar-refractivity contribution in [2.24, 2.45) is 4.99 Å². The summed E-state index contributed by atoms with van der Waals surface area (Å²) in [7, 11) is 3.09. The van der Waals surface area contributed by atoms with E-state index in [1.165, 1.54) is 7.11 Å². The number of hydrogen-bond donors (Lipinski definition) is 1. The fourth-order valence-electron chi connectivity index (χ4n) is 1.78. The molecule has 20 heavy (non-hydrogen) atoms. The molecule has 0 saturated carbocycles. The molecule has 110 valence electrons. The number of rotatable bonds is 5. The van der Waals surface area contributed by atoms with Gasteiger partial charge in [-0.3, -0.25) is 4.99 Å². The van der Waals surface area contributed by atoms with Crippen molar-refractivity contribution >= 4 is 23.2 Å². The van der Waals surface area contributed by atoms with Crippen LogP contribution in [0.1, 0.15) is 25.0 Å². The number of ether oxygens (including phenoxy) is 2. The van der Waals surface area contributed by atoms with Gasteiger partial charge < -0.3 is 14.9 Å². The fraction of sp³-hybridized carbons (Fsp3) is 0.467. The molecule has 4 nitrogen and oxygen atoms in total. The van der Waals surface area contributed by atoms with E-state index in [0.717, 1.165) is 16.9 Å². The number of aryl methyl sites for hydroxylation is 1. The van der Waals surface area contributed by atoms with Crippen LogP contribution in [0.3, 0.4) is 0 Å². The van der Waals surface area contributed by atoms with Crippen LogP contribution in [0.25, 0.3) is 0 Å². The number of aliphatic imine (C=N–C) groups is 1. The Morgan fingerprint density at radius 1 is 1.35 bits per heavy atom. The molecule has 0 aliphatic heterocycles. The van der Waals surface area contributed by atoms with Gasteiger partial charge in [0, 0.05) is 7.05 Å². The van der Waals surface area contributed by atoms with E-state index in [9.17, 15) is 0 Å². The van der Waals surface area contributed by atoms with Gasteiger partial charge in [0.05, 0.1) is 18.9 Å². The largest absolute Gasteiger partial charge is 0.491 e. The molecule has 5 heteroatoms. The summed E-state index contributed by atoms with van der Waals surface area (Å²) in [4.78, 5) is 3.93. The Morgan fingerprint density at radius 3 is 2.45 bits per heavy atom. The number of nitrogens with zero attached hydrogens (tertiary/aromatic N) is 1. The Morgan fingerprint density at radius 2 is 2.00 bits per heavy atom. The predicted molar refractivity (Wildman–Crippen MR) is 83.8 cm³/mol. The smallest absolute Gasteiger partial charge is 0.207 e. The standard InChI is InChI=1S/C15H21ClN2O2/c1-9(2)20-12-7-6-11(8-10(12)3)14(17)13(16)15(18-4)19-5/h6-9,13,17H,1-5H3. The zero-order valence-corrected chi connectivity index (χ0v) is 13.3. The molecule has 1 atom stereocenters. The third-order valence-electron chi connectivity index (χ3n) is 2.75. The SMILES string of the molecule is CN=C(OC)C(Cl)C(=N)c1ccc(OC(C)C)c(C)c1. The van der Waals surface area contributed by atoms with Crippen LogP contribution >= 0.6 is 11.6 Å². The van der Waals surface area contributed by atoms with E-state index < -0.39 is 5.38 Å². The summed E-state index contributed by atoms with van der Waals surface area (Å²) in [5.41, 5.74) is 1.96. The van der Waals surface area contributed by atoms with Crippen molar-refractivity contribution < 1.29 is 9.47 Å². The average Bonchev–Trinajstić information content (AvgIpc) is 2.41. The summed E-state index contributed by atoms with van der Waals surface area (Å²) in [5.74, 6) is 1.15. The van der Waals surface area contributed by atoms with Gasteiger partial charge >= 0.3 is 0 Å². The van der Waals surface area contributed by atoms with E-state index in [0.29, 0.717) is 5.90 Å². The fourth-order valence-corrected chi connectivity index (χ4v) is 2.09. The molecular weight excluding hydrogens is 276 g/mol. The topological polar surface area (TPSA) is 54.7 Å². The lowest BCUT2D eigenvalue weighted by Crippen LogP contribution is -2.26. The second kappa shape index (κ2) is 7.29. The zero-order valence-electron chi connectivity index (χ0n) is 12.5. The van der Waals surface area contributed by atoms with E-state index in [2.05, 4.69) is 4.99 Å². The Labute approximate surface area is 125 Å². The number of hydrogen-bond acceptors (Lipinski definition) is 4. The van der Waals surface area contributed by atoms with E-state index in [1.54, 1.807) is 7.05 Å². The van der Waals surface area contributed by atoms with Gasteiger partial charge in [-0.15, -0.1) is 11.6 Å². The molecule has 1 N–H and O–H groups in total. The number of alkyl halides is 1. The Kier molecular flexibility index (Phi) is 6.02. The zero-order chi connectivity index (χ0) is 15.3. The summed E-state index contributed by atoms with van der Waals surface area (Å²) in [6.07, 6.45) is 0.118. The van der Waals surface area contributed by atoms with Crippen molar-refractivity contribution in [2.45, 2.75) is 32.3 Å². The quantitative estimate of drug-likeness (QED) is 0.514. The number of halogens is 1. The third kappa shape index (κ3) is 3.97. The second-order valence-electron chi connectivity index (χ2n) is 4.69. The maximum absolute atomic E-state index is 8.15. The highest BCUT2D eigenvalue weighted by Crippen LogP contribution is 2.22. The van der Waals surface area contributed by atoms with Gasteiger partial charge in [0.1, 0.15) is 5.75 Å². The van der Waals surface area contributed by atoms with Crippen LogP contribution in [0.4, 0.5) is 0 Å². The monoisotopic (exact) mass is 296 g/mol. The average molecular weight is 297 g/mol. The maximum Gasteiger partial charge on any atom is 0.207 e. The summed E-state index contributed by atoms with van der Waals surface area (Å²) in [5, 5.41) is 7.45. The molecule has 1 unspecified atom stereocenters. The molecule has 0 fully saturated rings. The van der Waals surface area contributed by atoms with E-state index in [4.69, 9.17) is 26.5 Å². The Balaban J connectivity index is 2.98. The lowest BCUT2D eigenvalue weighted by Gasteiger charge is -2.16. The molecule has 0 amide bonds. The van der Waals surface area contributed by atoms with Gasteiger partial charge in [-0.2, -0.15) is 0 Å². The van der Waals surface area contributed by atoms with E-state index >= 15 is 0 Å². The highest BCUT2D eigenvalue weighted by Gasteiger charge is 2.20. The molecule has 1 aromatic rings. The number of benzene rings is 1. The van der Waals surface area contributed by atoms with Crippen LogP contribution in [0.15, 0.2) is 23.2 Å². The molecular formula is C15H21ClN2O2. The van der Waals surface area contributed by atoms with Crippen LogP contribution in [0, 0.1) is 12.3 Å². The molecule has 0 saturated heterocycles. The number of methoxy groups -OCH3 is 1. The first-order valence-corrected chi connectivity index (χ1v) is 6.85. The van der Waals surface area contributed by atoms with Gasteiger partial charge in [0.25, 0.3) is 0 Å². The van der Waals surface area contributed by atoms with E-state index in [-0.39, 0.29) is 11.8 Å². The normalized spacial score (nSPS) is 13.2. The van der Waals surface area contributed by atoms with Crippen molar-refractivity contribution in [3.05, 3.63) is 29.3 Å². The maximum atomic E-state index is 8.15. The Bertz CT molecular complexity index is 513. The number of nitrogens with one attached hydrogen (secondary N) is 1. The van der Waals surface area contributed by atoms with Crippen LogP contribution in [0.2, 0.25) is 0 Å². The van der Waals surface area contributed by atoms with Crippen LogP contribution < -0.4 is 4.74 Å². The molecule has 0 radical (unpaired) electrons. The van der Waals surface area contributed by atoms with Crippen LogP contribution in [0.5, 0.6) is 5.75 Å². The molecule has 0 bridgehead atoms. The van der Waals surface area contributed by atoms with Crippen LogP contribution in [-0.2, 0) is 4.74 Å². The van der Waals surface area contributed by atoms with Gasteiger partial charge in [-0.25, -0.2) is 0 Å². The third-order valence-corrected chi connectivity index (χ3v) is 3.15. The molecule has 0 aliphatic rings. The lowest BCUT2D eigenvalue weighted by atomic mass is 10.0. The second-order valence-corrected chi connectivity index (χ2v) is 5.13. The van der Waals surface area contributed by atoms with Gasteiger partial charge in [-0.1, -0.05) is 0 Å². The molecule has 0 heterocycles. The minimum Gasteiger partial charge on any atom is -0.491 e. The van der Waals surface area contributed by atoms with Crippen LogP contribution in [-0.4, -0.2) is 37.2 Å². The first kappa shape index (κ1) is 16.5. The molecule has 0 spiro atoms. The first-order chi connectivity index (χ1) is 9.40. The highest BCUT2D eigenvalue weighted by molar-refractivity contribution is 6.44. The summed E-state index contributed by atoms with van der Waals surface area (Å²) in [6, 6.07) is 5.57. The molecule has 0 aromatic heterocycles. The van der Waals surface area contributed by atoms with Crippen molar-refractivity contribution in [1.29, 1.82) is 5.41 Å². The van der Waals surface area contributed by atoms with Gasteiger partial charge in [-0.05, 0) is 50.1 Å². The van der Waals surface area contributed by atoms with Crippen molar-refractivity contribution in [3.63, 3.8) is 0 Å². The molecule has 0 aliphatic carbocycles. The predicted octanol–water partition coefficient (Wildman–Crippen LogP) is 3.43. The lowest BCUT2D eigenvalue weighted by molar-refractivity contribution is 0.241. The van der Waals surface area contributed by atoms with Crippen molar-refractivity contribution in [2.75, 3.05) is 14.2 Å². The van der Waals surface area contributed by atoms with Crippen molar-refractivity contribution in [3.8, 4) is 5.75 Å². The molecule has 1 rings (SSSR count). The van der Waals surface area contributed by atoms with E-state index in [1.807, 2.05) is 39.0 Å². The highest BCUT2D eigenvalue weighted by atomic mass is 35.5.